The highest BCUT2D eigenvalue weighted by Gasteiger charge is 2.27. The van der Waals surface area contributed by atoms with Crippen molar-refractivity contribution < 1.29 is 18.9 Å². The van der Waals surface area contributed by atoms with Crippen molar-refractivity contribution in [3.63, 3.8) is 0 Å². The standard InChI is InChI=1S/C24H23N3O5S/c1-3-11-30-17-10-9-15(12-19(17)29-4-2)13-21-23(28)27-24(33-21)25-22(26-27)20-14-31-16-7-5-6-8-18(16)32-20/h5-10,12-13,20H,3-4,11,14H2,1-2H3. The van der Waals surface area contributed by atoms with Crippen LogP contribution in [0, 0.1) is 0 Å². The Morgan fingerprint density at radius 3 is 2.79 bits per heavy atom. The zero-order valence-corrected chi connectivity index (χ0v) is 19.1. The first-order valence-corrected chi connectivity index (χ1v) is 11.7. The summed E-state index contributed by atoms with van der Waals surface area (Å²) in [5, 5.41) is 4.40. The van der Waals surface area contributed by atoms with Gasteiger partial charge in [0.15, 0.2) is 34.9 Å². The Kier molecular flexibility index (Phi) is 5.87. The minimum atomic E-state index is -0.469. The Morgan fingerprint density at radius 2 is 2.00 bits per heavy atom. The lowest BCUT2D eigenvalue weighted by molar-refractivity contribution is 0.0852. The molecular weight excluding hydrogens is 442 g/mol. The van der Waals surface area contributed by atoms with E-state index in [9.17, 15) is 4.79 Å². The molecule has 33 heavy (non-hydrogen) atoms. The van der Waals surface area contributed by atoms with Crippen molar-refractivity contribution in [3.8, 4) is 23.0 Å². The Hall–Kier alpha value is -3.59. The fraction of sp³-hybridized carbons (Fsp3) is 0.292. The van der Waals surface area contributed by atoms with Gasteiger partial charge >= 0.3 is 0 Å². The molecule has 9 heteroatoms. The highest BCUT2D eigenvalue weighted by atomic mass is 32.1. The molecule has 0 aliphatic carbocycles. The van der Waals surface area contributed by atoms with E-state index in [1.807, 2.05) is 55.5 Å². The molecule has 0 radical (unpaired) electrons. The minimum Gasteiger partial charge on any atom is -0.490 e. The molecule has 5 rings (SSSR count). The minimum absolute atomic E-state index is 0.227. The molecule has 4 aromatic rings. The number of thiazole rings is 1. The molecule has 0 amide bonds. The SMILES string of the molecule is CCCOc1ccc(C=c2sc3nc(C4COc5ccccc5O4)nn3c2=O)cc1OCC. The molecule has 0 bridgehead atoms. The summed E-state index contributed by atoms with van der Waals surface area (Å²) in [4.78, 5) is 18.0. The summed E-state index contributed by atoms with van der Waals surface area (Å²) in [5.41, 5.74) is 0.611. The van der Waals surface area contributed by atoms with E-state index in [0.29, 0.717) is 51.5 Å². The van der Waals surface area contributed by atoms with Gasteiger partial charge in [0.05, 0.1) is 17.7 Å². The first-order valence-electron chi connectivity index (χ1n) is 10.9. The van der Waals surface area contributed by atoms with Gasteiger partial charge in [-0.15, -0.1) is 5.10 Å². The molecule has 1 atom stereocenters. The summed E-state index contributed by atoms with van der Waals surface area (Å²) in [7, 11) is 0. The number of rotatable bonds is 7. The van der Waals surface area contributed by atoms with Crippen LogP contribution in [-0.2, 0) is 0 Å². The van der Waals surface area contributed by atoms with Crippen LogP contribution in [0.25, 0.3) is 11.0 Å². The monoisotopic (exact) mass is 465 g/mol. The van der Waals surface area contributed by atoms with Crippen LogP contribution in [0.1, 0.15) is 37.8 Å². The normalized spacial score (nSPS) is 15.7. The topological polar surface area (TPSA) is 84.2 Å². The zero-order valence-electron chi connectivity index (χ0n) is 18.3. The van der Waals surface area contributed by atoms with Gasteiger partial charge in [0.25, 0.3) is 5.56 Å². The number of fused-ring (bicyclic) bond motifs is 2. The van der Waals surface area contributed by atoms with E-state index in [1.54, 1.807) is 0 Å². The number of ether oxygens (including phenoxy) is 4. The molecule has 170 valence electrons. The molecular formula is C24H23N3O5S. The maximum Gasteiger partial charge on any atom is 0.291 e. The molecule has 1 unspecified atom stereocenters. The molecule has 0 spiro atoms. The van der Waals surface area contributed by atoms with Crippen LogP contribution in [0.2, 0.25) is 0 Å². The molecule has 8 nitrogen and oxygen atoms in total. The molecule has 2 aromatic carbocycles. The third-order valence-electron chi connectivity index (χ3n) is 5.02. The van der Waals surface area contributed by atoms with Crippen LogP contribution in [0.3, 0.4) is 0 Å². The average molecular weight is 466 g/mol. The van der Waals surface area contributed by atoms with Gasteiger partial charge in [-0.1, -0.05) is 36.5 Å². The molecule has 1 aliphatic heterocycles. The van der Waals surface area contributed by atoms with Gasteiger partial charge in [-0.2, -0.15) is 9.50 Å². The van der Waals surface area contributed by atoms with Gasteiger partial charge in [0.2, 0.25) is 4.96 Å². The lowest BCUT2D eigenvalue weighted by Crippen LogP contribution is -2.26. The van der Waals surface area contributed by atoms with E-state index in [0.717, 1.165) is 12.0 Å². The largest absolute Gasteiger partial charge is 0.490 e. The second-order valence-corrected chi connectivity index (χ2v) is 8.44. The Bertz CT molecular complexity index is 1400. The highest BCUT2D eigenvalue weighted by Crippen LogP contribution is 2.35. The van der Waals surface area contributed by atoms with Crippen molar-refractivity contribution in [2.75, 3.05) is 19.8 Å². The molecule has 0 fully saturated rings. The van der Waals surface area contributed by atoms with E-state index < -0.39 is 6.10 Å². The number of nitrogens with zero attached hydrogens (tertiary/aromatic N) is 3. The first kappa shape index (κ1) is 21.3. The summed E-state index contributed by atoms with van der Waals surface area (Å²) in [6.45, 7) is 5.40. The Labute approximate surface area is 194 Å². The van der Waals surface area contributed by atoms with Crippen molar-refractivity contribution in [2.24, 2.45) is 0 Å². The quantitative estimate of drug-likeness (QED) is 0.414. The van der Waals surface area contributed by atoms with Gasteiger partial charge in [0, 0.05) is 0 Å². The van der Waals surface area contributed by atoms with Gasteiger partial charge in [0.1, 0.15) is 6.61 Å². The third-order valence-corrected chi connectivity index (χ3v) is 5.98. The van der Waals surface area contributed by atoms with Crippen molar-refractivity contribution >= 4 is 22.4 Å². The van der Waals surface area contributed by atoms with E-state index in [1.165, 1.54) is 15.9 Å². The summed E-state index contributed by atoms with van der Waals surface area (Å²) in [6, 6.07) is 13.1. The molecule has 0 N–H and O–H groups in total. The maximum atomic E-state index is 13.0. The van der Waals surface area contributed by atoms with Crippen molar-refractivity contribution in [3.05, 3.63) is 68.7 Å². The summed E-state index contributed by atoms with van der Waals surface area (Å²) < 4.78 is 25.0. The fourth-order valence-electron chi connectivity index (χ4n) is 3.50. The Balaban J connectivity index is 1.43. The van der Waals surface area contributed by atoms with Gasteiger partial charge < -0.3 is 18.9 Å². The molecule has 0 saturated heterocycles. The lowest BCUT2D eigenvalue weighted by Gasteiger charge is -2.24. The van der Waals surface area contributed by atoms with Gasteiger partial charge in [-0.3, -0.25) is 4.79 Å². The zero-order chi connectivity index (χ0) is 22.8. The molecule has 1 aliphatic rings. The smallest absolute Gasteiger partial charge is 0.291 e. The molecule has 0 saturated carbocycles. The number of hydrogen-bond acceptors (Lipinski definition) is 8. The van der Waals surface area contributed by atoms with Crippen LogP contribution in [0.15, 0.2) is 47.3 Å². The fourth-order valence-corrected chi connectivity index (χ4v) is 4.41. The maximum absolute atomic E-state index is 13.0. The predicted molar refractivity (Wildman–Crippen MR) is 125 cm³/mol. The Morgan fingerprint density at radius 1 is 1.15 bits per heavy atom. The lowest BCUT2D eigenvalue weighted by atomic mass is 10.2. The van der Waals surface area contributed by atoms with E-state index in [2.05, 4.69) is 17.0 Å². The predicted octanol–water partition coefficient (Wildman–Crippen LogP) is 3.40. The van der Waals surface area contributed by atoms with Crippen LogP contribution in [0.4, 0.5) is 0 Å². The second-order valence-electron chi connectivity index (χ2n) is 7.43. The number of para-hydroxylation sites is 2. The second kappa shape index (κ2) is 9.11. The van der Waals surface area contributed by atoms with E-state index in [4.69, 9.17) is 18.9 Å². The first-order chi connectivity index (χ1) is 16.2. The van der Waals surface area contributed by atoms with Crippen molar-refractivity contribution in [2.45, 2.75) is 26.4 Å². The molecule has 3 heterocycles. The van der Waals surface area contributed by atoms with Crippen LogP contribution in [0.5, 0.6) is 23.0 Å². The van der Waals surface area contributed by atoms with E-state index in [-0.39, 0.29) is 12.2 Å². The third kappa shape index (κ3) is 4.23. The van der Waals surface area contributed by atoms with E-state index >= 15 is 0 Å². The molecule has 2 aromatic heterocycles. The number of aromatic nitrogens is 3. The summed E-state index contributed by atoms with van der Waals surface area (Å²) in [6.07, 6.45) is 2.25. The van der Waals surface area contributed by atoms with Gasteiger partial charge in [-0.05, 0) is 49.2 Å². The van der Waals surface area contributed by atoms with Crippen molar-refractivity contribution in [1.29, 1.82) is 0 Å². The highest BCUT2D eigenvalue weighted by molar-refractivity contribution is 7.15. The number of benzene rings is 2. The van der Waals surface area contributed by atoms with Crippen LogP contribution < -0.4 is 29.0 Å². The average Bonchev–Trinajstić information content (AvgIpc) is 3.38. The van der Waals surface area contributed by atoms with Crippen LogP contribution >= 0.6 is 11.3 Å². The number of hydrogen-bond donors (Lipinski definition) is 0. The van der Waals surface area contributed by atoms with Gasteiger partial charge in [-0.25, -0.2) is 0 Å². The summed E-state index contributed by atoms with van der Waals surface area (Å²) in [5.74, 6) is 3.11. The van der Waals surface area contributed by atoms with Crippen LogP contribution in [-0.4, -0.2) is 34.4 Å². The summed E-state index contributed by atoms with van der Waals surface area (Å²) >= 11 is 1.28. The van der Waals surface area contributed by atoms with Crippen molar-refractivity contribution in [1.82, 2.24) is 14.6 Å².